The van der Waals surface area contributed by atoms with Gasteiger partial charge in [0, 0.05) is 0 Å². The molecule has 0 aromatic carbocycles. The average molecular weight is 214 g/mol. The lowest BCUT2D eigenvalue weighted by Gasteiger charge is -2.24. The van der Waals surface area contributed by atoms with E-state index in [1.807, 2.05) is 0 Å². The van der Waals surface area contributed by atoms with Crippen molar-refractivity contribution in [3.8, 4) is 0 Å². The molecule has 0 fully saturated rings. The van der Waals surface area contributed by atoms with Gasteiger partial charge in [-0.1, -0.05) is 0 Å². The van der Waals surface area contributed by atoms with Gasteiger partial charge in [-0.05, 0) is 11.0 Å². The standard InChI is InChI=1S/C6H14O6.H4Si/c7-1-3(9)5(11)6(12)4(10)2-8;/h3-12H,1-2H2;1H4. The monoisotopic (exact) mass is 214 g/mol. The first-order valence-corrected chi connectivity index (χ1v) is 3.48. The summed E-state index contributed by atoms with van der Waals surface area (Å²) in [5.74, 6) is 0. The Labute approximate surface area is 80.1 Å². The van der Waals surface area contributed by atoms with Crippen LogP contribution in [0, 0.1) is 0 Å². The van der Waals surface area contributed by atoms with E-state index in [2.05, 4.69) is 0 Å². The second-order valence-corrected chi connectivity index (χ2v) is 2.48. The summed E-state index contributed by atoms with van der Waals surface area (Å²) in [6.07, 6.45) is -6.39. The Morgan fingerprint density at radius 1 is 0.692 bits per heavy atom. The summed E-state index contributed by atoms with van der Waals surface area (Å²) in [6.45, 7) is -1.45. The second kappa shape index (κ2) is 7.39. The van der Waals surface area contributed by atoms with Crippen molar-refractivity contribution >= 4 is 11.0 Å². The Balaban J connectivity index is 0. The minimum Gasteiger partial charge on any atom is -0.394 e. The number of aliphatic hydroxyl groups excluding tert-OH is 6. The Morgan fingerprint density at radius 3 is 1.08 bits per heavy atom. The molecule has 0 rings (SSSR count). The van der Waals surface area contributed by atoms with Crippen molar-refractivity contribution < 1.29 is 30.6 Å². The maximum atomic E-state index is 8.96. The molecule has 0 amide bonds. The van der Waals surface area contributed by atoms with E-state index < -0.39 is 37.6 Å². The van der Waals surface area contributed by atoms with Crippen LogP contribution in [0.5, 0.6) is 0 Å². The van der Waals surface area contributed by atoms with Crippen LogP contribution in [0.2, 0.25) is 0 Å². The van der Waals surface area contributed by atoms with Gasteiger partial charge in [0.25, 0.3) is 0 Å². The molecule has 13 heavy (non-hydrogen) atoms. The molecule has 0 bridgehead atoms. The Hall–Kier alpha value is -0.0231. The van der Waals surface area contributed by atoms with E-state index in [4.69, 9.17) is 30.6 Å². The fourth-order valence-electron chi connectivity index (χ4n) is 0.671. The maximum Gasteiger partial charge on any atom is 0.111 e. The molecule has 7 heteroatoms. The number of aliphatic hydroxyl groups is 6. The lowest BCUT2D eigenvalue weighted by Crippen LogP contribution is -2.46. The molecule has 0 aliphatic rings. The highest BCUT2D eigenvalue weighted by Gasteiger charge is 2.29. The van der Waals surface area contributed by atoms with E-state index >= 15 is 0 Å². The summed E-state index contributed by atoms with van der Waals surface area (Å²) in [5.41, 5.74) is 0. The molecular formula is C6H18O6Si. The third-order valence-electron chi connectivity index (χ3n) is 1.51. The summed E-state index contributed by atoms with van der Waals surface area (Å²) in [6, 6.07) is 0. The summed E-state index contributed by atoms with van der Waals surface area (Å²) >= 11 is 0. The minimum atomic E-state index is -1.67. The van der Waals surface area contributed by atoms with Gasteiger partial charge < -0.3 is 30.6 Å². The molecule has 0 aromatic rings. The van der Waals surface area contributed by atoms with Crippen molar-refractivity contribution in [3.63, 3.8) is 0 Å². The highest BCUT2D eigenvalue weighted by molar-refractivity contribution is 5.75. The zero-order valence-corrected chi connectivity index (χ0v) is 6.41. The van der Waals surface area contributed by atoms with Crippen LogP contribution in [-0.2, 0) is 0 Å². The molecule has 6 N–H and O–H groups in total. The first-order chi connectivity index (χ1) is 5.54. The fourth-order valence-corrected chi connectivity index (χ4v) is 0.671. The molecule has 0 aliphatic heterocycles. The Kier molecular flexibility index (Phi) is 8.78. The molecule has 4 atom stereocenters. The van der Waals surface area contributed by atoms with Crippen LogP contribution in [0.1, 0.15) is 0 Å². The van der Waals surface area contributed by atoms with E-state index in [0.717, 1.165) is 0 Å². The van der Waals surface area contributed by atoms with Crippen LogP contribution in [0.15, 0.2) is 0 Å². The van der Waals surface area contributed by atoms with Gasteiger partial charge in [0.1, 0.15) is 24.4 Å². The smallest absolute Gasteiger partial charge is 0.111 e. The molecule has 0 radical (unpaired) electrons. The van der Waals surface area contributed by atoms with Gasteiger partial charge in [0.05, 0.1) is 13.2 Å². The van der Waals surface area contributed by atoms with Crippen LogP contribution in [-0.4, -0.2) is 79.2 Å². The van der Waals surface area contributed by atoms with Crippen molar-refractivity contribution in [3.05, 3.63) is 0 Å². The number of hydrogen-bond donors (Lipinski definition) is 6. The average Bonchev–Trinajstić information content (AvgIpc) is 2.12. The molecule has 0 saturated carbocycles. The number of hydrogen-bond acceptors (Lipinski definition) is 6. The van der Waals surface area contributed by atoms with Gasteiger partial charge in [-0.2, -0.15) is 0 Å². The molecule has 82 valence electrons. The molecule has 0 spiro atoms. The highest BCUT2D eigenvalue weighted by Crippen LogP contribution is 2.03. The van der Waals surface area contributed by atoms with E-state index in [1.54, 1.807) is 0 Å². The SMILES string of the molecule is OCC(O)C(O)C(O)C(O)CO.[SiH4]. The predicted molar refractivity (Wildman–Crippen MR) is 49.5 cm³/mol. The van der Waals surface area contributed by atoms with Gasteiger partial charge >= 0.3 is 0 Å². The van der Waals surface area contributed by atoms with Crippen molar-refractivity contribution in [1.82, 2.24) is 0 Å². The van der Waals surface area contributed by atoms with E-state index in [9.17, 15) is 0 Å². The van der Waals surface area contributed by atoms with Crippen LogP contribution < -0.4 is 0 Å². The number of rotatable bonds is 5. The quantitative estimate of drug-likeness (QED) is 0.255. The van der Waals surface area contributed by atoms with Gasteiger partial charge in [-0.15, -0.1) is 0 Å². The Bertz CT molecular complexity index is 110. The maximum absolute atomic E-state index is 8.96. The highest BCUT2D eigenvalue weighted by atomic mass is 28.1. The zero-order chi connectivity index (χ0) is 9.72. The van der Waals surface area contributed by atoms with Crippen LogP contribution in [0.4, 0.5) is 0 Å². The zero-order valence-electron chi connectivity index (χ0n) is 6.41. The molecule has 0 aromatic heterocycles. The molecule has 6 nitrogen and oxygen atoms in total. The largest absolute Gasteiger partial charge is 0.394 e. The predicted octanol–water partition coefficient (Wildman–Crippen LogP) is -5.04. The molecular weight excluding hydrogens is 196 g/mol. The van der Waals surface area contributed by atoms with Crippen LogP contribution in [0.25, 0.3) is 0 Å². The lowest BCUT2D eigenvalue weighted by molar-refractivity contribution is -0.123. The van der Waals surface area contributed by atoms with Crippen molar-refractivity contribution in [2.24, 2.45) is 0 Å². The van der Waals surface area contributed by atoms with Gasteiger partial charge in [0.15, 0.2) is 0 Å². The van der Waals surface area contributed by atoms with Gasteiger partial charge in [-0.3, -0.25) is 0 Å². The molecule has 4 unspecified atom stereocenters. The van der Waals surface area contributed by atoms with E-state index in [1.165, 1.54) is 0 Å². The Morgan fingerprint density at radius 2 is 0.923 bits per heavy atom. The van der Waals surface area contributed by atoms with Gasteiger partial charge in [-0.25, -0.2) is 0 Å². The summed E-state index contributed by atoms with van der Waals surface area (Å²) in [4.78, 5) is 0. The summed E-state index contributed by atoms with van der Waals surface area (Å²) in [7, 11) is 0. The van der Waals surface area contributed by atoms with Crippen molar-refractivity contribution in [1.29, 1.82) is 0 Å². The van der Waals surface area contributed by atoms with Crippen LogP contribution >= 0.6 is 0 Å². The van der Waals surface area contributed by atoms with E-state index in [-0.39, 0.29) is 11.0 Å². The lowest BCUT2D eigenvalue weighted by atomic mass is 10.0. The molecule has 0 heterocycles. The summed E-state index contributed by atoms with van der Waals surface area (Å²) in [5, 5.41) is 52.2. The third-order valence-corrected chi connectivity index (χ3v) is 1.51. The minimum absolute atomic E-state index is 0. The third kappa shape index (κ3) is 4.67. The summed E-state index contributed by atoms with van der Waals surface area (Å²) < 4.78 is 0. The van der Waals surface area contributed by atoms with Crippen molar-refractivity contribution in [2.45, 2.75) is 24.4 Å². The topological polar surface area (TPSA) is 121 Å². The van der Waals surface area contributed by atoms with Crippen molar-refractivity contribution in [2.75, 3.05) is 13.2 Å². The first-order valence-electron chi connectivity index (χ1n) is 3.48. The normalized spacial score (nSPS) is 19.8. The molecule has 0 aliphatic carbocycles. The first kappa shape index (κ1) is 15.4. The fraction of sp³-hybridized carbons (Fsp3) is 1.00. The second-order valence-electron chi connectivity index (χ2n) is 2.48. The van der Waals surface area contributed by atoms with E-state index in [0.29, 0.717) is 0 Å². The van der Waals surface area contributed by atoms with Gasteiger partial charge in [0.2, 0.25) is 0 Å². The van der Waals surface area contributed by atoms with Crippen LogP contribution in [0.3, 0.4) is 0 Å². The molecule has 0 saturated heterocycles.